The first-order chi connectivity index (χ1) is 10.6. The van der Waals surface area contributed by atoms with Crippen LogP contribution < -0.4 is 16.0 Å². The molecule has 2 N–H and O–H groups in total. The molecule has 1 aromatic heterocycles. The molecule has 1 aliphatic carbocycles. The summed E-state index contributed by atoms with van der Waals surface area (Å²) < 4.78 is 5.55. The number of fused-ring (bicyclic) bond motifs is 1. The van der Waals surface area contributed by atoms with Crippen LogP contribution >= 0.6 is 0 Å². The van der Waals surface area contributed by atoms with Crippen LogP contribution in [0, 0.1) is 5.92 Å². The van der Waals surface area contributed by atoms with E-state index < -0.39 is 11.4 Å². The Bertz CT molecular complexity index is 758. The van der Waals surface area contributed by atoms with Gasteiger partial charge in [0, 0.05) is 22.7 Å². The Labute approximate surface area is 128 Å². The van der Waals surface area contributed by atoms with Crippen LogP contribution in [0.25, 0.3) is 12.2 Å². The van der Waals surface area contributed by atoms with Crippen molar-refractivity contribution in [2.75, 3.05) is 6.61 Å². The second-order valence-electron chi connectivity index (χ2n) is 5.33. The van der Waals surface area contributed by atoms with Crippen molar-refractivity contribution >= 4 is 18.1 Å². The lowest BCUT2D eigenvalue weighted by molar-refractivity contribution is 0.0695. The number of allylic oxidation sites excluding steroid dienone is 1. The van der Waals surface area contributed by atoms with Gasteiger partial charge in [0.2, 0.25) is 5.43 Å². The molecule has 118 valence electrons. The summed E-state index contributed by atoms with van der Waals surface area (Å²) in [6.45, 7) is 4.80. The summed E-state index contributed by atoms with van der Waals surface area (Å²) in [5, 5.41) is 10.1. The van der Waals surface area contributed by atoms with Crippen LogP contribution in [0.15, 0.2) is 22.8 Å². The fraction of sp³-hybridized carbons (Fsp3) is 0.412. The molecule has 0 radical (unpaired) electrons. The van der Waals surface area contributed by atoms with Gasteiger partial charge in [-0.25, -0.2) is 4.79 Å². The third-order valence-electron chi connectivity index (χ3n) is 3.76. The third-order valence-corrected chi connectivity index (χ3v) is 3.76. The minimum atomic E-state index is -1.21. The second kappa shape index (κ2) is 7.11. The molecular formula is C17H21NO4. The highest BCUT2D eigenvalue weighted by Crippen LogP contribution is 2.19. The van der Waals surface area contributed by atoms with E-state index in [1.807, 2.05) is 19.1 Å². The Hall–Kier alpha value is -2.30. The van der Waals surface area contributed by atoms with Crippen LogP contribution in [0.4, 0.5) is 0 Å². The van der Waals surface area contributed by atoms with E-state index in [2.05, 4.69) is 11.9 Å². The molecule has 0 amide bonds. The number of H-pyrrole nitrogens is 1. The van der Waals surface area contributed by atoms with E-state index in [0.717, 1.165) is 24.8 Å². The van der Waals surface area contributed by atoms with Gasteiger partial charge in [-0.15, -0.1) is 0 Å². The van der Waals surface area contributed by atoms with Crippen molar-refractivity contribution in [1.29, 1.82) is 0 Å². The molecule has 5 heteroatoms. The average Bonchev–Trinajstić information content (AvgIpc) is 2.51. The van der Waals surface area contributed by atoms with Crippen LogP contribution in [0.3, 0.4) is 0 Å². The summed E-state index contributed by atoms with van der Waals surface area (Å²) in [6, 6.07) is 0. The Balaban J connectivity index is 2.46. The number of pyridine rings is 1. The number of carbonyl (C=O) groups is 1. The summed E-state index contributed by atoms with van der Waals surface area (Å²) >= 11 is 0. The molecule has 0 aromatic carbocycles. The van der Waals surface area contributed by atoms with Crippen LogP contribution in [-0.2, 0) is 4.74 Å². The largest absolute Gasteiger partial charge is 0.501 e. The van der Waals surface area contributed by atoms with E-state index in [9.17, 15) is 9.59 Å². The predicted molar refractivity (Wildman–Crippen MR) is 84.9 cm³/mol. The number of carboxylic acid groups (broad SMARTS) is 1. The minimum absolute atomic E-state index is 0.0549. The zero-order valence-electron chi connectivity index (χ0n) is 12.9. The number of hydrogen-bond acceptors (Lipinski definition) is 3. The standard InChI is InChI=1S/C17H21NO4/c1-3-5-6-22-10-12-8-15-13(7-11(12)4-2)16(19)14(9-18-15)17(20)21/h7-11,18H,3-6H2,1-2H3,(H,20,21). The molecule has 1 heterocycles. The van der Waals surface area contributed by atoms with Crippen molar-refractivity contribution in [3.63, 3.8) is 0 Å². The van der Waals surface area contributed by atoms with Gasteiger partial charge in [0.15, 0.2) is 0 Å². The highest BCUT2D eigenvalue weighted by molar-refractivity contribution is 5.87. The topological polar surface area (TPSA) is 79.4 Å². The third kappa shape index (κ3) is 3.30. The van der Waals surface area contributed by atoms with E-state index in [1.54, 1.807) is 6.26 Å². The van der Waals surface area contributed by atoms with Gasteiger partial charge >= 0.3 is 5.97 Å². The highest BCUT2D eigenvalue weighted by Gasteiger charge is 2.16. The number of aromatic nitrogens is 1. The molecule has 1 aromatic rings. The predicted octanol–water partition coefficient (Wildman–Crippen LogP) is 1.37. The maximum Gasteiger partial charge on any atom is 0.341 e. The lowest BCUT2D eigenvalue weighted by Gasteiger charge is -2.16. The maximum absolute atomic E-state index is 12.2. The number of hydrogen-bond donors (Lipinski definition) is 2. The molecule has 2 rings (SSSR count). The Morgan fingerprint density at radius 2 is 2.23 bits per heavy atom. The van der Waals surface area contributed by atoms with Gasteiger partial charge in [-0.3, -0.25) is 4.79 Å². The highest BCUT2D eigenvalue weighted by atomic mass is 16.5. The first-order valence-corrected chi connectivity index (χ1v) is 7.58. The Kier molecular flexibility index (Phi) is 5.20. The summed E-state index contributed by atoms with van der Waals surface area (Å²) in [5.74, 6) is -1.16. The number of unbranched alkanes of at least 4 members (excludes halogenated alkanes) is 1. The quantitative estimate of drug-likeness (QED) is 0.614. The smallest absolute Gasteiger partial charge is 0.341 e. The zero-order valence-corrected chi connectivity index (χ0v) is 12.9. The molecule has 0 bridgehead atoms. The first kappa shape index (κ1) is 16.1. The van der Waals surface area contributed by atoms with Gasteiger partial charge < -0.3 is 14.8 Å². The lowest BCUT2D eigenvalue weighted by Crippen LogP contribution is -2.46. The van der Waals surface area contributed by atoms with Gasteiger partial charge in [-0.2, -0.15) is 0 Å². The van der Waals surface area contributed by atoms with Crippen LogP contribution in [0.1, 0.15) is 43.5 Å². The normalized spacial score (nSPS) is 18.3. The summed E-state index contributed by atoms with van der Waals surface area (Å²) in [4.78, 5) is 26.2. The number of aromatic amines is 1. The van der Waals surface area contributed by atoms with E-state index >= 15 is 0 Å². The van der Waals surface area contributed by atoms with Gasteiger partial charge in [0.25, 0.3) is 0 Å². The monoisotopic (exact) mass is 303 g/mol. The van der Waals surface area contributed by atoms with Gasteiger partial charge in [0.05, 0.1) is 12.9 Å². The Morgan fingerprint density at radius 1 is 1.45 bits per heavy atom. The first-order valence-electron chi connectivity index (χ1n) is 7.58. The Morgan fingerprint density at radius 3 is 2.86 bits per heavy atom. The molecule has 0 aliphatic heterocycles. The van der Waals surface area contributed by atoms with Crippen molar-refractivity contribution in [3.8, 4) is 0 Å². The van der Waals surface area contributed by atoms with Crippen molar-refractivity contribution in [2.24, 2.45) is 5.92 Å². The van der Waals surface area contributed by atoms with E-state index in [0.29, 0.717) is 17.2 Å². The number of ether oxygens (including phenoxy) is 1. The molecule has 1 aliphatic rings. The average molecular weight is 303 g/mol. The summed E-state index contributed by atoms with van der Waals surface area (Å²) in [5.41, 5.74) is 0.316. The molecule has 0 saturated heterocycles. The zero-order chi connectivity index (χ0) is 16.1. The molecule has 1 atom stereocenters. The van der Waals surface area contributed by atoms with Crippen LogP contribution in [0.2, 0.25) is 0 Å². The van der Waals surface area contributed by atoms with Crippen molar-refractivity contribution < 1.29 is 14.6 Å². The lowest BCUT2D eigenvalue weighted by atomic mass is 9.92. The van der Waals surface area contributed by atoms with Crippen molar-refractivity contribution in [3.05, 3.63) is 44.4 Å². The van der Waals surface area contributed by atoms with Gasteiger partial charge in [-0.05, 0) is 24.5 Å². The molecule has 0 saturated carbocycles. The molecule has 22 heavy (non-hydrogen) atoms. The minimum Gasteiger partial charge on any atom is -0.501 e. The van der Waals surface area contributed by atoms with Crippen LogP contribution in [-0.4, -0.2) is 22.7 Å². The summed E-state index contributed by atoms with van der Waals surface area (Å²) in [6.07, 6.45) is 9.57. The van der Waals surface area contributed by atoms with Gasteiger partial charge in [0.1, 0.15) is 5.56 Å². The molecule has 1 unspecified atom stereocenters. The maximum atomic E-state index is 12.2. The molecule has 5 nitrogen and oxygen atoms in total. The van der Waals surface area contributed by atoms with E-state index in [1.165, 1.54) is 6.20 Å². The summed E-state index contributed by atoms with van der Waals surface area (Å²) in [7, 11) is 0. The van der Waals surface area contributed by atoms with Crippen LogP contribution in [0.5, 0.6) is 0 Å². The molecule has 0 fully saturated rings. The number of carboxylic acids is 1. The fourth-order valence-electron chi connectivity index (χ4n) is 2.43. The second-order valence-corrected chi connectivity index (χ2v) is 5.33. The number of nitrogens with one attached hydrogen (secondary N) is 1. The molecule has 0 spiro atoms. The fourth-order valence-corrected chi connectivity index (χ4v) is 2.43. The number of rotatable bonds is 6. The van der Waals surface area contributed by atoms with Crippen molar-refractivity contribution in [1.82, 2.24) is 4.98 Å². The van der Waals surface area contributed by atoms with E-state index in [4.69, 9.17) is 9.84 Å². The van der Waals surface area contributed by atoms with Crippen molar-refractivity contribution in [2.45, 2.75) is 33.1 Å². The molecular weight excluding hydrogens is 282 g/mol. The van der Waals surface area contributed by atoms with Gasteiger partial charge in [-0.1, -0.05) is 26.3 Å². The number of aromatic carboxylic acids is 1. The van der Waals surface area contributed by atoms with E-state index in [-0.39, 0.29) is 11.5 Å². The SMILES string of the molecule is CCCCOC=C1C=c2[nH]cc(C(=O)O)c(=O)c2=CC1CC.